The Morgan fingerprint density at radius 2 is 1.95 bits per heavy atom. The Morgan fingerprint density at radius 3 is 2.53 bits per heavy atom. The Kier molecular flexibility index (Phi) is 3.92. The maximum Gasteiger partial charge on any atom is 0.324 e. The first-order valence-corrected chi connectivity index (χ1v) is 6.28. The van der Waals surface area contributed by atoms with Crippen molar-refractivity contribution in [1.29, 1.82) is 10.8 Å². The van der Waals surface area contributed by atoms with Gasteiger partial charge in [0.25, 0.3) is 5.56 Å². The number of hydrogen-bond donors (Lipinski definition) is 2. The summed E-state index contributed by atoms with van der Waals surface area (Å²) < 4.78 is 26.6. The van der Waals surface area contributed by atoms with Gasteiger partial charge in [-0.05, 0) is 12.8 Å². The maximum absolute atomic E-state index is 12.7. The first kappa shape index (κ1) is 13.6. The molecule has 1 aliphatic rings. The quantitative estimate of drug-likeness (QED) is 0.625. The predicted molar refractivity (Wildman–Crippen MR) is 65.5 cm³/mol. The molecule has 0 spiro atoms. The van der Waals surface area contributed by atoms with Gasteiger partial charge in [0.2, 0.25) is 5.62 Å². The van der Waals surface area contributed by atoms with Gasteiger partial charge in [-0.15, -0.1) is 0 Å². The van der Waals surface area contributed by atoms with Crippen molar-refractivity contribution in [2.24, 2.45) is 5.92 Å². The van der Waals surface area contributed by atoms with Gasteiger partial charge in [-0.1, -0.05) is 19.3 Å². The van der Waals surface area contributed by atoms with Crippen LogP contribution < -0.4 is 11.2 Å². The van der Waals surface area contributed by atoms with E-state index in [0.717, 1.165) is 42.7 Å². The number of nitrogens with zero attached hydrogens (tertiary/aromatic N) is 2. The van der Waals surface area contributed by atoms with Crippen LogP contribution in [-0.2, 0) is 0 Å². The molecule has 0 bridgehead atoms. The van der Waals surface area contributed by atoms with E-state index in [-0.39, 0.29) is 16.3 Å². The first-order chi connectivity index (χ1) is 9.02. The first-order valence-electron chi connectivity index (χ1n) is 6.28. The van der Waals surface area contributed by atoms with Gasteiger partial charge in [-0.2, -0.15) is 8.78 Å². The van der Waals surface area contributed by atoms with E-state index in [9.17, 15) is 13.6 Å². The molecule has 0 atom stereocenters. The van der Waals surface area contributed by atoms with Crippen LogP contribution in [0.1, 0.15) is 38.7 Å². The molecule has 1 aromatic rings. The van der Waals surface area contributed by atoms with Gasteiger partial charge in [-0.25, -0.2) is 4.57 Å². The van der Waals surface area contributed by atoms with E-state index in [1.807, 2.05) is 0 Å². The summed E-state index contributed by atoms with van der Waals surface area (Å²) in [6.45, 7) is -3.06. The molecule has 2 rings (SSSR count). The van der Waals surface area contributed by atoms with Crippen molar-refractivity contribution in [1.82, 2.24) is 9.13 Å². The zero-order valence-electron chi connectivity index (χ0n) is 10.4. The molecule has 7 heteroatoms. The van der Waals surface area contributed by atoms with E-state index in [0.29, 0.717) is 0 Å². The summed E-state index contributed by atoms with van der Waals surface area (Å²) in [5.74, 6) is 0.102. The molecule has 0 saturated heterocycles. The van der Waals surface area contributed by atoms with Crippen molar-refractivity contribution in [2.45, 2.75) is 38.7 Å². The molecule has 0 aliphatic heterocycles. The molecule has 19 heavy (non-hydrogen) atoms. The van der Waals surface area contributed by atoms with Crippen LogP contribution in [0, 0.1) is 16.7 Å². The highest BCUT2D eigenvalue weighted by molar-refractivity contribution is 5.83. The van der Waals surface area contributed by atoms with Crippen LogP contribution in [0.5, 0.6) is 0 Å². The van der Waals surface area contributed by atoms with Gasteiger partial charge in [0.05, 0.1) is 0 Å². The molecular formula is C12H16F2N4O. The van der Waals surface area contributed by atoms with E-state index in [1.54, 1.807) is 0 Å². The molecular weight excluding hydrogens is 254 g/mol. The SMILES string of the molecule is N=C(C1CCCCC1)n1ccc(=O)n(C(F)F)c1=N. The molecule has 0 aromatic carbocycles. The van der Waals surface area contributed by atoms with Crippen LogP contribution in [0.2, 0.25) is 0 Å². The second-order valence-electron chi connectivity index (χ2n) is 4.72. The van der Waals surface area contributed by atoms with Crippen molar-refractivity contribution >= 4 is 5.84 Å². The summed E-state index contributed by atoms with van der Waals surface area (Å²) in [5.41, 5.74) is -1.56. The lowest BCUT2D eigenvalue weighted by Gasteiger charge is -2.23. The van der Waals surface area contributed by atoms with Gasteiger partial charge in [-0.3, -0.25) is 20.2 Å². The fourth-order valence-electron chi connectivity index (χ4n) is 2.47. The normalized spacial score (nSPS) is 16.8. The lowest BCUT2D eigenvalue weighted by Crippen LogP contribution is -2.43. The van der Waals surface area contributed by atoms with Crippen LogP contribution in [0.15, 0.2) is 17.1 Å². The Balaban J connectivity index is 2.40. The Morgan fingerprint density at radius 1 is 1.32 bits per heavy atom. The van der Waals surface area contributed by atoms with E-state index in [2.05, 4.69) is 0 Å². The highest BCUT2D eigenvalue weighted by Gasteiger charge is 2.21. The second-order valence-corrected chi connectivity index (χ2v) is 4.72. The maximum atomic E-state index is 12.7. The molecule has 0 radical (unpaired) electrons. The zero-order valence-corrected chi connectivity index (χ0v) is 10.4. The topological polar surface area (TPSA) is 74.6 Å². The van der Waals surface area contributed by atoms with Crippen molar-refractivity contribution in [2.75, 3.05) is 0 Å². The second kappa shape index (κ2) is 5.46. The predicted octanol–water partition coefficient (Wildman–Crippen LogP) is 1.93. The molecule has 1 aromatic heterocycles. The van der Waals surface area contributed by atoms with Gasteiger partial charge in [0, 0.05) is 18.2 Å². The number of alkyl halides is 2. The van der Waals surface area contributed by atoms with Gasteiger partial charge >= 0.3 is 6.55 Å². The van der Waals surface area contributed by atoms with Crippen molar-refractivity contribution in [3.05, 3.63) is 28.2 Å². The minimum Gasteiger partial charge on any atom is -0.288 e. The summed E-state index contributed by atoms with van der Waals surface area (Å²) >= 11 is 0. The smallest absolute Gasteiger partial charge is 0.288 e. The van der Waals surface area contributed by atoms with Crippen LogP contribution in [0.25, 0.3) is 0 Å². The average Bonchev–Trinajstić information content (AvgIpc) is 2.39. The fraction of sp³-hybridized carbons (Fsp3) is 0.583. The summed E-state index contributed by atoms with van der Waals surface area (Å²) in [6, 6.07) is 0.974. The summed E-state index contributed by atoms with van der Waals surface area (Å²) in [6.07, 6.45) is 6.04. The van der Waals surface area contributed by atoms with E-state index >= 15 is 0 Å². The van der Waals surface area contributed by atoms with Crippen molar-refractivity contribution in [3.8, 4) is 0 Å². The minimum atomic E-state index is -3.06. The number of nitrogens with one attached hydrogen (secondary N) is 2. The third-order valence-corrected chi connectivity index (χ3v) is 3.51. The highest BCUT2D eigenvalue weighted by atomic mass is 19.3. The van der Waals surface area contributed by atoms with Crippen LogP contribution in [-0.4, -0.2) is 15.0 Å². The summed E-state index contributed by atoms with van der Waals surface area (Å²) in [4.78, 5) is 11.3. The van der Waals surface area contributed by atoms with Crippen molar-refractivity contribution < 1.29 is 8.78 Å². The molecule has 1 fully saturated rings. The third kappa shape index (κ3) is 2.64. The number of aromatic nitrogens is 2. The molecule has 2 N–H and O–H groups in total. The third-order valence-electron chi connectivity index (χ3n) is 3.51. The monoisotopic (exact) mass is 270 g/mol. The molecule has 1 heterocycles. The highest BCUT2D eigenvalue weighted by Crippen LogP contribution is 2.24. The number of halogens is 2. The van der Waals surface area contributed by atoms with E-state index in [4.69, 9.17) is 10.8 Å². The largest absolute Gasteiger partial charge is 0.324 e. The van der Waals surface area contributed by atoms with Gasteiger partial charge in [0.1, 0.15) is 5.84 Å². The number of rotatable bonds is 2. The summed E-state index contributed by atoms with van der Waals surface area (Å²) in [7, 11) is 0. The fourth-order valence-corrected chi connectivity index (χ4v) is 2.47. The molecule has 104 valence electrons. The standard InChI is InChI=1S/C12H16F2N4O/c13-11(14)18-9(19)6-7-17(12(18)16)10(15)8-4-2-1-3-5-8/h6-8,11,15-16H,1-5H2. The Labute approximate surface area is 108 Å². The van der Waals surface area contributed by atoms with E-state index in [1.165, 1.54) is 6.20 Å². The summed E-state index contributed by atoms with van der Waals surface area (Å²) in [5, 5.41) is 15.7. The molecule has 0 amide bonds. The molecule has 5 nitrogen and oxygen atoms in total. The Bertz CT molecular complexity index is 584. The zero-order chi connectivity index (χ0) is 14.0. The van der Waals surface area contributed by atoms with Crippen molar-refractivity contribution in [3.63, 3.8) is 0 Å². The molecule has 0 unspecified atom stereocenters. The van der Waals surface area contributed by atoms with Gasteiger partial charge in [0.15, 0.2) is 0 Å². The minimum absolute atomic E-state index is 0.0218. The van der Waals surface area contributed by atoms with Crippen LogP contribution >= 0.6 is 0 Å². The molecule has 1 aliphatic carbocycles. The Hall–Kier alpha value is -1.79. The van der Waals surface area contributed by atoms with E-state index < -0.39 is 17.7 Å². The van der Waals surface area contributed by atoms with Crippen LogP contribution in [0.3, 0.4) is 0 Å². The average molecular weight is 270 g/mol. The molecule has 1 saturated carbocycles. The van der Waals surface area contributed by atoms with Gasteiger partial charge < -0.3 is 0 Å². The van der Waals surface area contributed by atoms with Crippen LogP contribution in [0.4, 0.5) is 8.78 Å². The lowest BCUT2D eigenvalue weighted by atomic mass is 9.88. The lowest BCUT2D eigenvalue weighted by molar-refractivity contribution is 0.0589. The number of hydrogen-bond acceptors (Lipinski definition) is 3.